The van der Waals surface area contributed by atoms with Gasteiger partial charge in [-0.2, -0.15) is 0 Å². The van der Waals surface area contributed by atoms with Gasteiger partial charge in [0.25, 0.3) is 0 Å². The zero-order valence-electron chi connectivity index (χ0n) is 11.7. The van der Waals surface area contributed by atoms with Crippen molar-refractivity contribution in [3.63, 3.8) is 0 Å². The maximum absolute atomic E-state index is 4.60. The van der Waals surface area contributed by atoms with Crippen LogP contribution in [0.3, 0.4) is 0 Å². The fourth-order valence-electron chi connectivity index (χ4n) is 1.72. The molecule has 1 aromatic carbocycles. The van der Waals surface area contributed by atoms with Crippen molar-refractivity contribution in [3.8, 4) is 0 Å². The van der Waals surface area contributed by atoms with Crippen molar-refractivity contribution in [2.75, 3.05) is 26.6 Å². The van der Waals surface area contributed by atoms with Crippen LogP contribution >= 0.6 is 0 Å². The van der Waals surface area contributed by atoms with Crippen LogP contribution in [0.15, 0.2) is 41.8 Å². The average Bonchev–Trinajstić information content (AvgIpc) is 2.28. The Balaban J connectivity index is 3.24. The van der Waals surface area contributed by atoms with E-state index in [0.717, 1.165) is 23.4 Å². The molecule has 3 heteroatoms. The summed E-state index contributed by atoms with van der Waals surface area (Å²) in [6.45, 7) is 8.76. The third-order valence-corrected chi connectivity index (χ3v) is 3.04. The molecule has 0 atom stereocenters. The van der Waals surface area contributed by atoms with E-state index in [-0.39, 0.29) is 10.7 Å². The lowest BCUT2D eigenvalue weighted by Crippen LogP contribution is -2.12. The van der Waals surface area contributed by atoms with Crippen LogP contribution < -0.4 is 0 Å². The van der Waals surface area contributed by atoms with Crippen LogP contribution in [0, 0.1) is 0 Å². The molecule has 18 heavy (non-hydrogen) atoms. The van der Waals surface area contributed by atoms with Gasteiger partial charge in [0, 0.05) is 6.54 Å². The summed E-state index contributed by atoms with van der Waals surface area (Å²) in [6.07, 6.45) is 6.02. The fraction of sp³-hybridized carbons (Fsp3) is 0.333. The summed E-state index contributed by atoms with van der Waals surface area (Å²) in [5.74, 6) is 0. The molecule has 0 spiro atoms. The molecule has 0 aliphatic carbocycles. The fourth-order valence-corrected chi connectivity index (χ4v) is 2.25. The summed E-state index contributed by atoms with van der Waals surface area (Å²) < 4.78 is 4.60. The second kappa shape index (κ2) is 6.66. The Morgan fingerprint density at radius 3 is 2.56 bits per heavy atom. The number of nitrogens with zero attached hydrogens (tertiary/aromatic N) is 2. The third kappa shape index (κ3) is 4.24. The minimum atomic E-state index is 0.0517. The van der Waals surface area contributed by atoms with Crippen LogP contribution in [0.4, 0.5) is 5.69 Å². The van der Waals surface area contributed by atoms with Gasteiger partial charge in [-0.05, 0) is 55.4 Å². The van der Waals surface area contributed by atoms with Crippen molar-refractivity contribution in [3.05, 3.63) is 48.6 Å². The molecule has 0 aromatic heterocycles. The number of allylic oxidation sites excluding steroid dienone is 2. The van der Waals surface area contributed by atoms with Gasteiger partial charge in [-0.3, -0.25) is 0 Å². The normalized spacial score (nSPS) is 10.8. The summed E-state index contributed by atoms with van der Waals surface area (Å²) in [5, 5.41) is 0. The SMILES string of the molecule is C=CC(=C)c1cc(N=S(C)C)ccc1CN(C)C. The molecule has 0 saturated carbocycles. The minimum Gasteiger partial charge on any atom is -0.305 e. The standard InChI is InChI=1S/C15H22N2S/c1-7-12(2)15-10-14(16-18(5)6)9-8-13(15)11-17(3)4/h7-10H,1-2,11H2,3-6H3. The van der Waals surface area contributed by atoms with Crippen LogP contribution in [0.2, 0.25) is 0 Å². The summed E-state index contributed by atoms with van der Waals surface area (Å²) in [4.78, 5) is 2.15. The zero-order chi connectivity index (χ0) is 13.7. The molecule has 2 nitrogen and oxygen atoms in total. The molecule has 0 heterocycles. The van der Waals surface area contributed by atoms with Crippen LogP contribution in [0.25, 0.3) is 5.57 Å². The molecule has 0 bridgehead atoms. The van der Waals surface area contributed by atoms with Crippen LogP contribution in [-0.2, 0) is 17.2 Å². The second-order valence-corrected chi connectivity index (χ2v) is 6.40. The van der Waals surface area contributed by atoms with Crippen molar-refractivity contribution in [1.82, 2.24) is 4.90 Å². The molecule has 0 unspecified atom stereocenters. The highest BCUT2D eigenvalue weighted by atomic mass is 32.2. The van der Waals surface area contributed by atoms with Crippen LogP contribution in [-0.4, -0.2) is 31.5 Å². The van der Waals surface area contributed by atoms with Crippen LogP contribution in [0.5, 0.6) is 0 Å². The maximum atomic E-state index is 4.60. The van der Waals surface area contributed by atoms with E-state index in [1.807, 2.05) is 0 Å². The molecule has 1 rings (SSSR count). The molecule has 0 amide bonds. The molecule has 0 aliphatic rings. The molecular formula is C15H22N2S. The van der Waals surface area contributed by atoms with Gasteiger partial charge < -0.3 is 4.90 Å². The van der Waals surface area contributed by atoms with Gasteiger partial charge >= 0.3 is 0 Å². The average molecular weight is 262 g/mol. The molecular weight excluding hydrogens is 240 g/mol. The van der Waals surface area contributed by atoms with Gasteiger partial charge in [-0.15, -0.1) is 10.7 Å². The van der Waals surface area contributed by atoms with E-state index < -0.39 is 0 Å². The first-order chi connectivity index (χ1) is 8.43. The third-order valence-electron chi connectivity index (χ3n) is 2.46. The van der Waals surface area contributed by atoms with Gasteiger partial charge in [0.1, 0.15) is 0 Å². The topological polar surface area (TPSA) is 15.6 Å². The molecule has 0 saturated heterocycles. The van der Waals surface area contributed by atoms with Gasteiger partial charge in [0.15, 0.2) is 0 Å². The number of hydrogen-bond acceptors (Lipinski definition) is 2. The Kier molecular flexibility index (Phi) is 5.51. The Morgan fingerprint density at radius 1 is 1.39 bits per heavy atom. The van der Waals surface area contributed by atoms with E-state index in [4.69, 9.17) is 0 Å². The van der Waals surface area contributed by atoms with Gasteiger partial charge in [-0.1, -0.05) is 25.3 Å². The van der Waals surface area contributed by atoms with Gasteiger partial charge in [0.2, 0.25) is 0 Å². The van der Waals surface area contributed by atoms with Crippen molar-refractivity contribution >= 4 is 22.0 Å². The van der Waals surface area contributed by atoms with Crippen molar-refractivity contribution in [2.45, 2.75) is 6.54 Å². The molecule has 0 radical (unpaired) electrons. The van der Waals surface area contributed by atoms with Crippen molar-refractivity contribution in [1.29, 1.82) is 0 Å². The highest BCUT2D eigenvalue weighted by molar-refractivity contribution is 7.85. The van der Waals surface area contributed by atoms with E-state index in [9.17, 15) is 0 Å². The van der Waals surface area contributed by atoms with E-state index in [0.29, 0.717) is 0 Å². The zero-order valence-corrected chi connectivity index (χ0v) is 12.5. The number of benzene rings is 1. The van der Waals surface area contributed by atoms with Crippen LogP contribution in [0.1, 0.15) is 11.1 Å². The number of rotatable bonds is 5. The first-order valence-electron chi connectivity index (χ1n) is 5.83. The van der Waals surface area contributed by atoms with E-state index in [2.05, 4.69) is 67.2 Å². The Hall–Kier alpha value is -1.19. The van der Waals surface area contributed by atoms with Crippen molar-refractivity contribution in [2.24, 2.45) is 4.36 Å². The molecule has 98 valence electrons. The lowest BCUT2D eigenvalue weighted by molar-refractivity contribution is 0.402. The predicted octanol–water partition coefficient (Wildman–Crippen LogP) is 3.64. The number of hydrogen-bond donors (Lipinski definition) is 0. The Labute approximate surface area is 113 Å². The summed E-state index contributed by atoms with van der Waals surface area (Å²) in [7, 11) is 4.18. The first-order valence-corrected chi connectivity index (χ1v) is 7.82. The lowest BCUT2D eigenvalue weighted by atomic mass is 10.00. The Bertz CT molecular complexity index is 483. The molecule has 0 fully saturated rings. The predicted molar refractivity (Wildman–Crippen MR) is 84.4 cm³/mol. The smallest absolute Gasteiger partial charge is 0.0709 e. The largest absolute Gasteiger partial charge is 0.305 e. The molecule has 1 aromatic rings. The van der Waals surface area contributed by atoms with Gasteiger partial charge in [0.05, 0.1) is 5.69 Å². The van der Waals surface area contributed by atoms with E-state index in [1.54, 1.807) is 6.08 Å². The quantitative estimate of drug-likeness (QED) is 0.740. The lowest BCUT2D eigenvalue weighted by Gasteiger charge is -2.15. The Morgan fingerprint density at radius 2 is 2.06 bits per heavy atom. The highest BCUT2D eigenvalue weighted by Gasteiger charge is 2.06. The van der Waals surface area contributed by atoms with E-state index in [1.165, 1.54) is 5.56 Å². The monoisotopic (exact) mass is 262 g/mol. The van der Waals surface area contributed by atoms with E-state index >= 15 is 0 Å². The maximum Gasteiger partial charge on any atom is 0.0709 e. The second-order valence-electron chi connectivity index (χ2n) is 4.67. The summed E-state index contributed by atoms with van der Waals surface area (Å²) in [5.41, 5.74) is 4.38. The molecule has 0 N–H and O–H groups in total. The minimum absolute atomic E-state index is 0.0517. The summed E-state index contributed by atoms with van der Waals surface area (Å²) >= 11 is 0. The van der Waals surface area contributed by atoms with Crippen molar-refractivity contribution < 1.29 is 0 Å². The first kappa shape index (κ1) is 14.9. The van der Waals surface area contributed by atoms with Gasteiger partial charge in [-0.25, -0.2) is 4.36 Å². The highest BCUT2D eigenvalue weighted by Crippen LogP contribution is 2.25. The molecule has 0 aliphatic heterocycles. The summed E-state index contributed by atoms with van der Waals surface area (Å²) in [6, 6.07) is 6.32.